The minimum absolute atomic E-state index is 0.0348. The van der Waals surface area contributed by atoms with Gasteiger partial charge in [-0.3, -0.25) is 0 Å². The Bertz CT molecular complexity index is 469. The first kappa shape index (κ1) is 11.8. The topological polar surface area (TPSA) is 62.5 Å². The van der Waals surface area contributed by atoms with Gasteiger partial charge in [0.25, 0.3) is 0 Å². The smallest absolute Gasteiger partial charge is 0.371 e. The number of furan rings is 1. The van der Waals surface area contributed by atoms with Crippen molar-refractivity contribution in [1.29, 1.82) is 0 Å². The molecule has 0 amide bonds. The summed E-state index contributed by atoms with van der Waals surface area (Å²) in [6.07, 6.45) is 5.51. The van der Waals surface area contributed by atoms with E-state index in [-0.39, 0.29) is 5.76 Å². The highest BCUT2D eigenvalue weighted by Gasteiger charge is 2.53. The molecule has 4 heteroatoms. The molecule has 2 fully saturated rings. The monoisotopic (exact) mass is 249 g/mol. The third kappa shape index (κ3) is 2.17. The molecule has 0 aromatic carbocycles. The second-order valence-corrected chi connectivity index (χ2v) is 5.74. The van der Waals surface area contributed by atoms with Gasteiger partial charge < -0.3 is 14.8 Å². The van der Waals surface area contributed by atoms with E-state index in [4.69, 9.17) is 9.52 Å². The minimum Gasteiger partial charge on any atom is -0.475 e. The SMILES string of the molecule is Cc1oc(C(=O)O)cc1CNCC1(C2CC2)CC1. The van der Waals surface area contributed by atoms with Crippen molar-refractivity contribution in [3.63, 3.8) is 0 Å². The number of carbonyl (C=O) groups is 1. The number of hydrogen-bond donors (Lipinski definition) is 2. The lowest BCUT2D eigenvalue weighted by Crippen LogP contribution is -2.25. The van der Waals surface area contributed by atoms with Gasteiger partial charge in [-0.25, -0.2) is 4.79 Å². The summed E-state index contributed by atoms with van der Waals surface area (Å²) >= 11 is 0. The molecular formula is C14H19NO3. The molecule has 0 spiro atoms. The molecule has 0 saturated heterocycles. The third-order valence-electron chi connectivity index (χ3n) is 4.36. The van der Waals surface area contributed by atoms with Crippen LogP contribution in [-0.2, 0) is 6.54 Å². The van der Waals surface area contributed by atoms with Gasteiger partial charge in [-0.1, -0.05) is 0 Å². The predicted molar refractivity (Wildman–Crippen MR) is 66.5 cm³/mol. The number of aryl methyl sites for hydroxylation is 1. The van der Waals surface area contributed by atoms with Crippen molar-refractivity contribution in [1.82, 2.24) is 5.32 Å². The van der Waals surface area contributed by atoms with E-state index in [1.54, 1.807) is 6.07 Å². The molecule has 0 bridgehead atoms. The first-order chi connectivity index (χ1) is 8.61. The molecule has 4 nitrogen and oxygen atoms in total. The van der Waals surface area contributed by atoms with Crippen molar-refractivity contribution >= 4 is 5.97 Å². The number of hydrogen-bond acceptors (Lipinski definition) is 3. The summed E-state index contributed by atoms with van der Waals surface area (Å²) in [7, 11) is 0. The molecule has 2 N–H and O–H groups in total. The number of carboxylic acid groups (broad SMARTS) is 1. The summed E-state index contributed by atoms with van der Waals surface area (Å²) in [5.74, 6) is 0.690. The average Bonchev–Trinajstić information content (AvgIpc) is 3.20. The van der Waals surface area contributed by atoms with Crippen LogP contribution in [0.3, 0.4) is 0 Å². The maximum atomic E-state index is 10.8. The Kier molecular flexibility index (Phi) is 2.70. The van der Waals surface area contributed by atoms with Gasteiger partial charge >= 0.3 is 5.97 Å². The normalized spacial score (nSPS) is 20.9. The maximum absolute atomic E-state index is 10.8. The van der Waals surface area contributed by atoms with Gasteiger partial charge in [0.15, 0.2) is 0 Å². The van der Waals surface area contributed by atoms with Gasteiger partial charge in [-0.2, -0.15) is 0 Å². The highest BCUT2D eigenvalue weighted by Crippen LogP contribution is 2.60. The molecule has 2 aliphatic rings. The molecule has 0 unspecified atom stereocenters. The lowest BCUT2D eigenvalue weighted by Gasteiger charge is -2.14. The van der Waals surface area contributed by atoms with Crippen LogP contribution in [0.2, 0.25) is 0 Å². The van der Waals surface area contributed by atoms with E-state index < -0.39 is 5.97 Å². The average molecular weight is 249 g/mol. The zero-order valence-corrected chi connectivity index (χ0v) is 10.7. The summed E-state index contributed by atoms with van der Waals surface area (Å²) in [6, 6.07) is 1.63. The van der Waals surface area contributed by atoms with Crippen LogP contribution < -0.4 is 5.32 Å². The van der Waals surface area contributed by atoms with Crippen LogP contribution >= 0.6 is 0 Å². The van der Waals surface area contributed by atoms with Crippen molar-refractivity contribution in [3.8, 4) is 0 Å². The van der Waals surface area contributed by atoms with Crippen LogP contribution in [0.1, 0.15) is 47.6 Å². The quantitative estimate of drug-likeness (QED) is 0.813. The second-order valence-electron chi connectivity index (χ2n) is 5.74. The second kappa shape index (κ2) is 4.12. The molecule has 2 saturated carbocycles. The highest BCUT2D eigenvalue weighted by molar-refractivity contribution is 5.84. The van der Waals surface area contributed by atoms with Crippen molar-refractivity contribution in [2.75, 3.05) is 6.54 Å². The van der Waals surface area contributed by atoms with Gasteiger partial charge in [0.05, 0.1) is 0 Å². The van der Waals surface area contributed by atoms with Crippen LogP contribution in [0.4, 0.5) is 0 Å². The largest absolute Gasteiger partial charge is 0.475 e. The molecule has 98 valence electrons. The zero-order valence-electron chi connectivity index (χ0n) is 10.7. The Balaban J connectivity index is 1.55. The first-order valence-corrected chi connectivity index (χ1v) is 6.64. The van der Waals surface area contributed by atoms with Crippen molar-refractivity contribution in [3.05, 3.63) is 23.2 Å². The Hall–Kier alpha value is -1.29. The van der Waals surface area contributed by atoms with Crippen LogP contribution in [-0.4, -0.2) is 17.6 Å². The van der Waals surface area contributed by atoms with Crippen molar-refractivity contribution in [2.24, 2.45) is 11.3 Å². The van der Waals surface area contributed by atoms with E-state index in [9.17, 15) is 4.79 Å². The van der Waals surface area contributed by atoms with Gasteiger partial charge in [0.2, 0.25) is 5.76 Å². The number of nitrogens with one attached hydrogen (secondary N) is 1. The number of aromatic carboxylic acids is 1. The Morgan fingerprint density at radius 3 is 2.78 bits per heavy atom. The fourth-order valence-electron chi connectivity index (χ4n) is 2.83. The molecule has 1 aromatic rings. The summed E-state index contributed by atoms with van der Waals surface area (Å²) in [5.41, 5.74) is 1.53. The highest BCUT2D eigenvalue weighted by atomic mass is 16.4. The van der Waals surface area contributed by atoms with E-state index in [1.165, 1.54) is 25.7 Å². The maximum Gasteiger partial charge on any atom is 0.371 e. The Morgan fingerprint density at radius 1 is 1.56 bits per heavy atom. The van der Waals surface area contributed by atoms with Gasteiger partial charge in [-0.15, -0.1) is 0 Å². The van der Waals surface area contributed by atoms with E-state index in [1.807, 2.05) is 6.92 Å². The summed E-state index contributed by atoms with van der Waals surface area (Å²) in [6.45, 7) is 3.58. The van der Waals surface area contributed by atoms with Crippen LogP contribution in [0.15, 0.2) is 10.5 Å². The van der Waals surface area contributed by atoms with Crippen LogP contribution in [0.5, 0.6) is 0 Å². The molecule has 3 rings (SSSR count). The summed E-state index contributed by atoms with van der Waals surface area (Å²) in [4.78, 5) is 10.8. The molecule has 1 heterocycles. The minimum atomic E-state index is -0.999. The Morgan fingerprint density at radius 2 is 2.28 bits per heavy atom. The van der Waals surface area contributed by atoms with Gasteiger partial charge in [0, 0.05) is 18.7 Å². The number of carboxylic acids is 1. The van der Waals surface area contributed by atoms with E-state index in [0.717, 1.165) is 18.0 Å². The van der Waals surface area contributed by atoms with E-state index in [2.05, 4.69) is 5.32 Å². The predicted octanol–water partition coefficient (Wildman–Crippen LogP) is 2.57. The molecule has 1 aromatic heterocycles. The molecule has 0 radical (unpaired) electrons. The Labute approximate surface area is 106 Å². The molecular weight excluding hydrogens is 230 g/mol. The standard InChI is InChI=1S/C14H19NO3/c1-9-10(6-12(18-9)13(16)17)7-15-8-14(4-5-14)11-2-3-11/h6,11,15H,2-5,7-8H2,1H3,(H,16,17). The zero-order chi connectivity index (χ0) is 12.8. The fraction of sp³-hybridized carbons (Fsp3) is 0.643. The first-order valence-electron chi connectivity index (χ1n) is 6.64. The van der Waals surface area contributed by atoms with Crippen LogP contribution in [0.25, 0.3) is 0 Å². The van der Waals surface area contributed by atoms with E-state index in [0.29, 0.717) is 17.7 Å². The van der Waals surface area contributed by atoms with E-state index >= 15 is 0 Å². The molecule has 0 aliphatic heterocycles. The number of rotatable bonds is 6. The van der Waals surface area contributed by atoms with Gasteiger partial charge in [-0.05, 0) is 50.0 Å². The van der Waals surface area contributed by atoms with Crippen molar-refractivity contribution in [2.45, 2.75) is 39.2 Å². The molecule has 2 aliphatic carbocycles. The summed E-state index contributed by atoms with van der Waals surface area (Å²) < 4.78 is 5.19. The van der Waals surface area contributed by atoms with Crippen molar-refractivity contribution < 1.29 is 14.3 Å². The molecule has 0 atom stereocenters. The van der Waals surface area contributed by atoms with Crippen LogP contribution in [0, 0.1) is 18.3 Å². The lowest BCUT2D eigenvalue weighted by atomic mass is 10.0. The lowest BCUT2D eigenvalue weighted by molar-refractivity contribution is 0.0661. The fourth-order valence-corrected chi connectivity index (χ4v) is 2.83. The third-order valence-corrected chi connectivity index (χ3v) is 4.36. The molecule has 18 heavy (non-hydrogen) atoms. The van der Waals surface area contributed by atoms with Gasteiger partial charge in [0.1, 0.15) is 5.76 Å². The summed E-state index contributed by atoms with van der Waals surface area (Å²) in [5, 5.41) is 12.3.